The molecule has 1 rings (SSSR count). The molecule has 0 aliphatic rings. The molecule has 2 N–H and O–H groups in total. The molecule has 0 aliphatic heterocycles. The number of hydrogen-bond donors (Lipinski definition) is 2. The molecule has 0 radical (unpaired) electrons. The fraction of sp³-hybridized carbons (Fsp3) is 0.357. The summed E-state index contributed by atoms with van der Waals surface area (Å²) in [6.07, 6.45) is 0.261. The summed E-state index contributed by atoms with van der Waals surface area (Å²) in [6.45, 7) is -0.0995. The Bertz CT molecular complexity index is 539. The van der Waals surface area contributed by atoms with Gasteiger partial charge in [-0.1, -0.05) is 12.1 Å². The molecule has 0 heterocycles. The fourth-order valence-electron chi connectivity index (χ4n) is 1.41. The molecule has 0 unspecified atom stereocenters. The topological polar surface area (TPSA) is 84.5 Å². The molecule has 0 saturated heterocycles. The van der Waals surface area contributed by atoms with Crippen molar-refractivity contribution in [1.29, 1.82) is 0 Å². The van der Waals surface area contributed by atoms with Crippen molar-refractivity contribution in [1.82, 2.24) is 5.32 Å². The number of thioether (sulfide) groups is 1. The Labute approximate surface area is 141 Å². The number of anilines is 1. The molecule has 120 valence electrons. The van der Waals surface area contributed by atoms with E-state index in [0.717, 1.165) is 4.47 Å². The maximum absolute atomic E-state index is 11.7. The number of nitrogens with one attached hydrogen (secondary N) is 2. The number of amides is 2. The number of carbonyl (C=O) groups excluding carboxylic acids is 3. The highest BCUT2D eigenvalue weighted by Crippen LogP contribution is 2.20. The standard InChI is InChI=1S/C14H17BrN2O4S/c1-21-14(20)6-7-22-9-13(19)16-8-12(18)17-11-5-3-2-4-10(11)15/h2-5H,6-9H2,1H3,(H,16,19)(H,17,18). The Balaban J connectivity index is 2.19. The van der Waals surface area contributed by atoms with Gasteiger partial charge in [0.25, 0.3) is 0 Å². The van der Waals surface area contributed by atoms with Crippen LogP contribution >= 0.6 is 27.7 Å². The van der Waals surface area contributed by atoms with Gasteiger partial charge in [-0.05, 0) is 28.1 Å². The van der Waals surface area contributed by atoms with E-state index < -0.39 is 0 Å². The average Bonchev–Trinajstić information content (AvgIpc) is 2.51. The summed E-state index contributed by atoms with van der Waals surface area (Å²) in [4.78, 5) is 34.1. The smallest absolute Gasteiger partial charge is 0.306 e. The van der Waals surface area contributed by atoms with Crippen LogP contribution in [-0.2, 0) is 19.1 Å². The van der Waals surface area contributed by atoms with Crippen molar-refractivity contribution in [2.24, 2.45) is 0 Å². The van der Waals surface area contributed by atoms with Crippen LogP contribution in [0.25, 0.3) is 0 Å². The van der Waals surface area contributed by atoms with E-state index in [1.807, 2.05) is 12.1 Å². The van der Waals surface area contributed by atoms with Crippen molar-refractivity contribution >= 4 is 51.2 Å². The third-order valence-corrected chi connectivity index (χ3v) is 4.16. The van der Waals surface area contributed by atoms with E-state index in [4.69, 9.17) is 0 Å². The van der Waals surface area contributed by atoms with E-state index in [9.17, 15) is 14.4 Å². The van der Waals surface area contributed by atoms with E-state index in [1.165, 1.54) is 18.9 Å². The summed E-state index contributed by atoms with van der Waals surface area (Å²) in [6, 6.07) is 7.21. The van der Waals surface area contributed by atoms with Gasteiger partial charge < -0.3 is 15.4 Å². The first-order valence-electron chi connectivity index (χ1n) is 6.48. The van der Waals surface area contributed by atoms with Crippen LogP contribution in [0.2, 0.25) is 0 Å². The number of benzene rings is 1. The minimum Gasteiger partial charge on any atom is -0.469 e. The molecule has 6 nitrogen and oxygen atoms in total. The van der Waals surface area contributed by atoms with Crippen LogP contribution < -0.4 is 10.6 Å². The second-order valence-corrected chi connectivity index (χ2v) is 6.14. The molecule has 0 aromatic heterocycles. The quantitative estimate of drug-likeness (QED) is 0.523. The summed E-state index contributed by atoms with van der Waals surface area (Å²) in [5.41, 5.74) is 0.647. The Hall–Kier alpha value is -1.54. The van der Waals surface area contributed by atoms with E-state index >= 15 is 0 Å². The predicted octanol–water partition coefficient (Wildman–Crippen LogP) is 1.80. The average molecular weight is 389 g/mol. The first-order valence-corrected chi connectivity index (χ1v) is 8.43. The SMILES string of the molecule is COC(=O)CCSCC(=O)NCC(=O)Nc1ccccc1Br. The summed E-state index contributed by atoms with van der Waals surface area (Å²) < 4.78 is 5.26. The van der Waals surface area contributed by atoms with Crippen LogP contribution in [0.15, 0.2) is 28.7 Å². The van der Waals surface area contributed by atoms with Gasteiger partial charge in [0, 0.05) is 10.2 Å². The number of halogens is 1. The fourth-order valence-corrected chi connectivity index (χ4v) is 2.54. The van der Waals surface area contributed by atoms with Crippen molar-refractivity contribution < 1.29 is 19.1 Å². The van der Waals surface area contributed by atoms with Gasteiger partial charge in [-0.2, -0.15) is 11.8 Å². The molecule has 0 aliphatic carbocycles. The molecule has 0 bridgehead atoms. The highest BCUT2D eigenvalue weighted by atomic mass is 79.9. The van der Waals surface area contributed by atoms with Crippen molar-refractivity contribution in [3.05, 3.63) is 28.7 Å². The lowest BCUT2D eigenvalue weighted by molar-refractivity contribution is -0.140. The monoisotopic (exact) mass is 388 g/mol. The van der Waals surface area contributed by atoms with Gasteiger partial charge in [0.05, 0.1) is 31.5 Å². The molecule has 2 amide bonds. The molecule has 1 aromatic rings. The van der Waals surface area contributed by atoms with Crippen LogP contribution in [0.1, 0.15) is 6.42 Å². The van der Waals surface area contributed by atoms with Crippen LogP contribution in [0, 0.1) is 0 Å². The van der Waals surface area contributed by atoms with Crippen molar-refractivity contribution in [3.8, 4) is 0 Å². The normalized spacial score (nSPS) is 9.91. The van der Waals surface area contributed by atoms with Gasteiger partial charge in [-0.15, -0.1) is 0 Å². The Kier molecular flexibility index (Phi) is 8.61. The number of para-hydroxylation sites is 1. The lowest BCUT2D eigenvalue weighted by Gasteiger charge is -2.08. The molecule has 0 spiro atoms. The van der Waals surface area contributed by atoms with Crippen molar-refractivity contribution in [2.45, 2.75) is 6.42 Å². The Morgan fingerprint density at radius 2 is 1.95 bits per heavy atom. The van der Waals surface area contributed by atoms with Gasteiger partial charge in [0.15, 0.2) is 0 Å². The summed E-state index contributed by atoms with van der Waals surface area (Å²) in [7, 11) is 1.32. The number of ether oxygens (including phenoxy) is 1. The number of methoxy groups -OCH3 is 1. The van der Waals surface area contributed by atoms with E-state index in [-0.39, 0.29) is 36.5 Å². The summed E-state index contributed by atoms with van der Waals surface area (Å²) >= 11 is 4.63. The molecule has 22 heavy (non-hydrogen) atoms. The van der Waals surface area contributed by atoms with Gasteiger partial charge in [0.1, 0.15) is 0 Å². The second-order valence-electron chi connectivity index (χ2n) is 4.18. The number of esters is 1. The van der Waals surface area contributed by atoms with Gasteiger partial charge >= 0.3 is 5.97 Å². The Morgan fingerprint density at radius 1 is 1.23 bits per heavy atom. The van der Waals surface area contributed by atoms with Crippen LogP contribution in [0.4, 0.5) is 5.69 Å². The minimum absolute atomic E-state index is 0.0995. The zero-order chi connectivity index (χ0) is 16.4. The lowest BCUT2D eigenvalue weighted by atomic mass is 10.3. The molecule has 8 heteroatoms. The first-order chi connectivity index (χ1) is 10.5. The van der Waals surface area contributed by atoms with E-state index in [2.05, 4.69) is 31.3 Å². The van der Waals surface area contributed by atoms with Crippen LogP contribution in [-0.4, -0.2) is 42.9 Å². The molecule has 1 aromatic carbocycles. The van der Waals surface area contributed by atoms with Crippen molar-refractivity contribution in [3.63, 3.8) is 0 Å². The molecule has 0 saturated carbocycles. The largest absolute Gasteiger partial charge is 0.469 e. The van der Waals surface area contributed by atoms with Crippen LogP contribution in [0.5, 0.6) is 0 Å². The maximum Gasteiger partial charge on any atom is 0.306 e. The second kappa shape index (κ2) is 10.2. The minimum atomic E-state index is -0.306. The number of carbonyl (C=O) groups is 3. The predicted molar refractivity (Wildman–Crippen MR) is 89.7 cm³/mol. The van der Waals surface area contributed by atoms with Crippen LogP contribution in [0.3, 0.4) is 0 Å². The highest BCUT2D eigenvalue weighted by molar-refractivity contribution is 9.10. The zero-order valence-electron chi connectivity index (χ0n) is 12.1. The first kappa shape index (κ1) is 18.5. The molecule has 0 atom stereocenters. The maximum atomic E-state index is 11.7. The number of rotatable bonds is 8. The Morgan fingerprint density at radius 3 is 2.64 bits per heavy atom. The molecule has 0 fully saturated rings. The molecular weight excluding hydrogens is 372 g/mol. The number of hydrogen-bond acceptors (Lipinski definition) is 5. The van der Waals surface area contributed by atoms with Gasteiger partial charge in [-0.25, -0.2) is 0 Å². The van der Waals surface area contributed by atoms with Gasteiger partial charge in [-0.3, -0.25) is 14.4 Å². The third kappa shape index (κ3) is 7.46. The third-order valence-electron chi connectivity index (χ3n) is 2.51. The highest BCUT2D eigenvalue weighted by Gasteiger charge is 2.08. The van der Waals surface area contributed by atoms with Crippen molar-refractivity contribution in [2.75, 3.05) is 30.5 Å². The van der Waals surface area contributed by atoms with E-state index in [0.29, 0.717) is 11.4 Å². The summed E-state index contributed by atoms with van der Waals surface area (Å²) in [5.74, 6) is -0.166. The summed E-state index contributed by atoms with van der Waals surface area (Å²) in [5, 5.41) is 5.21. The van der Waals surface area contributed by atoms with E-state index in [1.54, 1.807) is 12.1 Å². The zero-order valence-corrected chi connectivity index (χ0v) is 14.5. The molecular formula is C14H17BrN2O4S. The lowest BCUT2D eigenvalue weighted by Crippen LogP contribution is -2.34. The van der Waals surface area contributed by atoms with Gasteiger partial charge in [0.2, 0.25) is 11.8 Å².